The summed E-state index contributed by atoms with van der Waals surface area (Å²) in [5.41, 5.74) is 0.917. The van der Waals surface area contributed by atoms with Crippen molar-refractivity contribution in [2.24, 2.45) is 4.99 Å². The first-order valence-electron chi connectivity index (χ1n) is 9.27. The first-order valence-corrected chi connectivity index (χ1v) is 9.27. The van der Waals surface area contributed by atoms with E-state index in [1.807, 2.05) is 19.2 Å². The van der Waals surface area contributed by atoms with Crippen molar-refractivity contribution >= 4 is 5.96 Å². The van der Waals surface area contributed by atoms with Crippen molar-refractivity contribution < 1.29 is 9.84 Å². The summed E-state index contributed by atoms with van der Waals surface area (Å²) < 4.78 is 5.12. The van der Waals surface area contributed by atoms with Gasteiger partial charge in [-0.25, -0.2) is 0 Å². The smallest absolute Gasteiger partial charge is 0.193 e. The third-order valence-corrected chi connectivity index (χ3v) is 5.30. The van der Waals surface area contributed by atoms with Gasteiger partial charge in [-0.2, -0.15) is 0 Å². The third-order valence-electron chi connectivity index (χ3n) is 5.30. The summed E-state index contributed by atoms with van der Waals surface area (Å²) >= 11 is 0. The van der Waals surface area contributed by atoms with Crippen LogP contribution >= 0.6 is 0 Å². The third kappa shape index (κ3) is 4.37. The summed E-state index contributed by atoms with van der Waals surface area (Å²) in [6.07, 6.45) is 4.65. The molecule has 0 amide bonds. The summed E-state index contributed by atoms with van der Waals surface area (Å²) in [6.45, 7) is 5.38. The minimum absolute atomic E-state index is 0.284. The lowest BCUT2D eigenvalue weighted by molar-refractivity contribution is 0.249. The number of nitrogens with one attached hydrogen (secondary N) is 1. The molecule has 0 aromatic heterocycles. The number of aliphatic imine (C=N–C) groups is 1. The van der Waals surface area contributed by atoms with Gasteiger partial charge in [-0.15, -0.1) is 0 Å². The Balaban J connectivity index is 1.48. The van der Waals surface area contributed by atoms with Crippen LogP contribution in [0.5, 0.6) is 11.5 Å². The molecular weight excluding hydrogens is 316 g/mol. The van der Waals surface area contributed by atoms with Crippen LogP contribution < -0.4 is 10.1 Å². The molecule has 2 aliphatic heterocycles. The number of methoxy groups -OCH3 is 1. The van der Waals surface area contributed by atoms with E-state index in [1.165, 1.54) is 32.4 Å². The van der Waals surface area contributed by atoms with E-state index >= 15 is 0 Å². The highest BCUT2D eigenvalue weighted by molar-refractivity contribution is 5.80. The highest BCUT2D eigenvalue weighted by Gasteiger charge is 2.30. The maximum Gasteiger partial charge on any atom is 0.193 e. The molecule has 1 aromatic rings. The van der Waals surface area contributed by atoms with Crippen LogP contribution in [0.1, 0.15) is 24.8 Å². The van der Waals surface area contributed by atoms with Crippen LogP contribution in [-0.4, -0.2) is 73.8 Å². The quantitative estimate of drug-likeness (QED) is 0.628. The van der Waals surface area contributed by atoms with Crippen LogP contribution in [0.25, 0.3) is 0 Å². The van der Waals surface area contributed by atoms with Gasteiger partial charge in [0, 0.05) is 38.8 Å². The minimum Gasteiger partial charge on any atom is -0.508 e. The number of hydrogen-bond donors (Lipinski definition) is 2. The molecule has 6 heteroatoms. The molecule has 2 N–H and O–H groups in total. The molecule has 2 aliphatic rings. The molecule has 0 saturated carbocycles. The molecule has 0 aliphatic carbocycles. The Morgan fingerprint density at radius 2 is 2.12 bits per heavy atom. The highest BCUT2D eigenvalue weighted by Crippen LogP contribution is 2.24. The number of ether oxygens (including phenoxy) is 1. The normalized spacial score (nSPS) is 21.8. The van der Waals surface area contributed by atoms with Gasteiger partial charge in [0.15, 0.2) is 5.96 Å². The zero-order chi connectivity index (χ0) is 17.6. The molecule has 0 spiro atoms. The van der Waals surface area contributed by atoms with Crippen LogP contribution in [0.4, 0.5) is 0 Å². The van der Waals surface area contributed by atoms with Crippen molar-refractivity contribution in [3.8, 4) is 11.5 Å². The van der Waals surface area contributed by atoms with Crippen molar-refractivity contribution in [3.63, 3.8) is 0 Å². The van der Waals surface area contributed by atoms with Gasteiger partial charge >= 0.3 is 0 Å². The summed E-state index contributed by atoms with van der Waals surface area (Å²) in [7, 11) is 3.45. The first kappa shape index (κ1) is 17.9. The highest BCUT2D eigenvalue weighted by atomic mass is 16.5. The average molecular weight is 346 g/mol. The lowest BCUT2D eigenvalue weighted by Gasteiger charge is -2.25. The predicted octanol–water partition coefficient (Wildman–Crippen LogP) is 1.69. The van der Waals surface area contributed by atoms with Crippen LogP contribution in [0, 0.1) is 0 Å². The van der Waals surface area contributed by atoms with E-state index in [9.17, 15) is 5.11 Å². The van der Waals surface area contributed by atoms with Gasteiger partial charge in [0.2, 0.25) is 0 Å². The molecule has 0 radical (unpaired) electrons. The molecule has 3 rings (SSSR count). The Morgan fingerprint density at radius 1 is 1.32 bits per heavy atom. The fourth-order valence-corrected chi connectivity index (χ4v) is 3.86. The predicted molar refractivity (Wildman–Crippen MR) is 101 cm³/mol. The molecule has 2 saturated heterocycles. The molecule has 6 nitrogen and oxygen atoms in total. The topological polar surface area (TPSA) is 60.3 Å². The van der Waals surface area contributed by atoms with Gasteiger partial charge in [-0.3, -0.25) is 9.89 Å². The fourth-order valence-electron chi connectivity index (χ4n) is 3.86. The number of hydrogen-bond acceptors (Lipinski definition) is 4. The second-order valence-electron chi connectivity index (χ2n) is 6.85. The Labute approximate surface area is 150 Å². The van der Waals surface area contributed by atoms with E-state index in [0.717, 1.165) is 37.6 Å². The molecule has 2 heterocycles. The maximum absolute atomic E-state index is 10.1. The summed E-state index contributed by atoms with van der Waals surface area (Å²) in [5.74, 6) is 1.93. The lowest BCUT2D eigenvalue weighted by atomic mass is 10.1. The van der Waals surface area contributed by atoms with Crippen molar-refractivity contribution in [2.45, 2.75) is 31.7 Å². The Hall–Kier alpha value is -1.95. The van der Waals surface area contributed by atoms with Crippen molar-refractivity contribution in [2.75, 3.05) is 46.9 Å². The number of nitrogens with zero attached hydrogens (tertiary/aromatic N) is 3. The van der Waals surface area contributed by atoms with Crippen LogP contribution in [0.2, 0.25) is 0 Å². The number of likely N-dealkylation sites (tertiary alicyclic amines) is 2. The second-order valence-corrected chi connectivity index (χ2v) is 6.85. The largest absolute Gasteiger partial charge is 0.508 e. The van der Waals surface area contributed by atoms with Gasteiger partial charge in [0.05, 0.1) is 7.11 Å². The van der Waals surface area contributed by atoms with Gasteiger partial charge in [-0.1, -0.05) is 6.07 Å². The van der Waals surface area contributed by atoms with Crippen molar-refractivity contribution in [1.29, 1.82) is 0 Å². The van der Waals surface area contributed by atoms with Crippen LogP contribution in [0.15, 0.2) is 23.2 Å². The molecule has 1 unspecified atom stereocenters. The standard InChI is InChI=1S/C19H30N4O2/c1-20-19(23-12-8-16(14-23)22-10-3-4-11-22)21-9-7-15-5-6-17(25-2)13-18(15)24/h5-6,13,16,24H,3-4,7-12,14H2,1-2H3,(H,20,21). The molecule has 2 fully saturated rings. The molecule has 25 heavy (non-hydrogen) atoms. The summed E-state index contributed by atoms with van der Waals surface area (Å²) in [4.78, 5) is 9.43. The zero-order valence-electron chi connectivity index (χ0n) is 15.4. The van der Waals surface area contributed by atoms with E-state index in [2.05, 4.69) is 20.1 Å². The number of aromatic hydroxyl groups is 1. The van der Waals surface area contributed by atoms with Gasteiger partial charge < -0.3 is 20.1 Å². The maximum atomic E-state index is 10.1. The number of phenolic OH excluding ortho intramolecular Hbond substituents is 1. The number of rotatable bonds is 5. The number of benzene rings is 1. The van der Waals surface area contributed by atoms with E-state index < -0.39 is 0 Å². The van der Waals surface area contributed by atoms with Crippen molar-refractivity contribution in [1.82, 2.24) is 15.1 Å². The zero-order valence-corrected chi connectivity index (χ0v) is 15.4. The molecule has 0 bridgehead atoms. The van der Waals surface area contributed by atoms with Gasteiger partial charge in [0.25, 0.3) is 0 Å². The Bertz CT molecular complexity index is 599. The summed E-state index contributed by atoms with van der Waals surface area (Å²) in [6, 6.07) is 6.13. The first-order chi connectivity index (χ1) is 12.2. The monoisotopic (exact) mass is 346 g/mol. The molecule has 1 aromatic carbocycles. The molecule has 1 atom stereocenters. The Morgan fingerprint density at radius 3 is 2.80 bits per heavy atom. The number of guanidine groups is 1. The lowest BCUT2D eigenvalue weighted by Crippen LogP contribution is -2.43. The molecule has 138 valence electrons. The van der Waals surface area contributed by atoms with E-state index in [1.54, 1.807) is 13.2 Å². The van der Waals surface area contributed by atoms with Gasteiger partial charge in [0.1, 0.15) is 11.5 Å². The number of phenols is 1. The Kier molecular flexibility index (Phi) is 6.02. The van der Waals surface area contributed by atoms with Gasteiger partial charge in [-0.05, 0) is 50.4 Å². The molecular formula is C19H30N4O2. The fraction of sp³-hybridized carbons (Fsp3) is 0.632. The second kappa shape index (κ2) is 8.43. The SMILES string of the molecule is CN=C(NCCc1ccc(OC)cc1O)N1CCC(N2CCCC2)C1. The van der Waals surface area contributed by atoms with Crippen LogP contribution in [0.3, 0.4) is 0 Å². The summed E-state index contributed by atoms with van der Waals surface area (Å²) in [5, 5.41) is 13.5. The van der Waals surface area contributed by atoms with E-state index in [0.29, 0.717) is 11.8 Å². The van der Waals surface area contributed by atoms with Crippen LogP contribution in [-0.2, 0) is 6.42 Å². The van der Waals surface area contributed by atoms with E-state index in [-0.39, 0.29) is 5.75 Å². The minimum atomic E-state index is 0.284. The average Bonchev–Trinajstić information content (AvgIpc) is 3.31. The van der Waals surface area contributed by atoms with Crippen molar-refractivity contribution in [3.05, 3.63) is 23.8 Å². The van der Waals surface area contributed by atoms with E-state index in [4.69, 9.17) is 4.74 Å².